The molecule has 0 fully saturated rings. The molecular formula is C16H14BrNO6S. The number of carbonyl (C=O) groups is 2. The van der Waals surface area contributed by atoms with E-state index in [2.05, 4.69) is 25.4 Å². The third-order valence-corrected chi connectivity index (χ3v) is 5.37. The molecule has 132 valence electrons. The van der Waals surface area contributed by atoms with E-state index >= 15 is 0 Å². The van der Waals surface area contributed by atoms with Gasteiger partial charge in [0.05, 0.1) is 28.8 Å². The fraction of sp³-hybridized carbons (Fsp3) is 0.125. The summed E-state index contributed by atoms with van der Waals surface area (Å²) in [7, 11) is -2.93. The van der Waals surface area contributed by atoms with Crippen molar-refractivity contribution in [2.45, 2.75) is 11.8 Å². The van der Waals surface area contributed by atoms with E-state index in [4.69, 9.17) is 0 Å². The normalized spacial score (nSPS) is 11.0. The van der Waals surface area contributed by atoms with Crippen LogP contribution in [0, 0.1) is 0 Å². The number of benzene rings is 2. The first-order chi connectivity index (χ1) is 11.7. The van der Waals surface area contributed by atoms with Crippen LogP contribution in [0.1, 0.15) is 27.6 Å². The third kappa shape index (κ3) is 3.99. The lowest BCUT2D eigenvalue weighted by atomic mass is 10.1. The molecule has 0 bridgehead atoms. The van der Waals surface area contributed by atoms with Crippen LogP contribution in [-0.2, 0) is 14.8 Å². The number of methoxy groups -OCH3 is 1. The molecule has 2 N–H and O–H groups in total. The summed E-state index contributed by atoms with van der Waals surface area (Å²) >= 11 is 3.15. The Morgan fingerprint density at radius 3 is 2.44 bits per heavy atom. The number of Topliss-reactive ketones (excluding diaryl/α,β-unsaturated/α-hetero) is 1. The topological polar surface area (TPSA) is 110 Å². The van der Waals surface area contributed by atoms with Gasteiger partial charge in [0.2, 0.25) is 0 Å². The first-order valence-corrected chi connectivity index (χ1v) is 9.18. The van der Waals surface area contributed by atoms with Crippen LogP contribution in [0.5, 0.6) is 5.75 Å². The van der Waals surface area contributed by atoms with E-state index in [-0.39, 0.29) is 21.7 Å². The minimum absolute atomic E-state index is 0.00810. The predicted molar refractivity (Wildman–Crippen MR) is 94.4 cm³/mol. The lowest BCUT2D eigenvalue weighted by molar-refractivity contribution is 0.0599. The van der Waals surface area contributed by atoms with Gasteiger partial charge in [-0.2, -0.15) is 0 Å². The van der Waals surface area contributed by atoms with Crippen molar-refractivity contribution < 1.29 is 27.9 Å². The molecule has 9 heteroatoms. The standard InChI is InChI=1S/C16H14BrNO6S/c1-9(19)11-4-3-5-14(15(11)20)18-25(22,23)10-6-7-13(17)12(8-10)16(21)24-2/h3-8,18,20H,1-2H3. The van der Waals surface area contributed by atoms with Gasteiger partial charge in [0.15, 0.2) is 5.78 Å². The number of para-hydroxylation sites is 1. The molecule has 2 rings (SSSR count). The summed E-state index contributed by atoms with van der Waals surface area (Å²) in [4.78, 5) is 22.9. The molecule has 0 amide bonds. The Bertz CT molecular complexity index is 955. The zero-order valence-corrected chi connectivity index (χ0v) is 15.6. The molecule has 2 aromatic carbocycles. The number of rotatable bonds is 5. The zero-order chi connectivity index (χ0) is 18.8. The summed E-state index contributed by atoms with van der Waals surface area (Å²) in [5, 5.41) is 10.1. The van der Waals surface area contributed by atoms with Gasteiger partial charge in [0.25, 0.3) is 10.0 Å². The van der Waals surface area contributed by atoms with Gasteiger partial charge in [0.1, 0.15) is 5.75 Å². The molecule has 0 unspecified atom stereocenters. The Morgan fingerprint density at radius 1 is 1.16 bits per heavy atom. The van der Waals surface area contributed by atoms with Crippen LogP contribution in [0.2, 0.25) is 0 Å². The average molecular weight is 428 g/mol. The first kappa shape index (κ1) is 18.9. The van der Waals surface area contributed by atoms with Crippen molar-refractivity contribution >= 4 is 43.4 Å². The molecule has 0 aliphatic carbocycles. The number of phenols is 1. The van der Waals surface area contributed by atoms with Gasteiger partial charge >= 0.3 is 5.97 Å². The second kappa shape index (κ2) is 7.24. The van der Waals surface area contributed by atoms with E-state index in [1.807, 2.05) is 0 Å². The van der Waals surface area contributed by atoms with E-state index < -0.39 is 27.5 Å². The van der Waals surface area contributed by atoms with Crippen molar-refractivity contribution in [1.29, 1.82) is 0 Å². The highest BCUT2D eigenvalue weighted by Gasteiger charge is 2.21. The highest BCUT2D eigenvalue weighted by molar-refractivity contribution is 9.10. The van der Waals surface area contributed by atoms with Crippen molar-refractivity contribution in [1.82, 2.24) is 0 Å². The molecule has 0 aliphatic heterocycles. The van der Waals surface area contributed by atoms with E-state index in [1.165, 1.54) is 44.4 Å². The number of halogens is 1. The highest BCUT2D eigenvalue weighted by Crippen LogP contribution is 2.30. The lowest BCUT2D eigenvalue weighted by Gasteiger charge is -2.12. The molecule has 0 heterocycles. The van der Waals surface area contributed by atoms with Crippen LogP contribution >= 0.6 is 15.9 Å². The number of ether oxygens (including phenoxy) is 1. The van der Waals surface area contributed by atoms with Gasteiger partial charge in [-0.15, -0.1) is 0 Å². The molecule has 0 aliphatic rings. The number of phenolic OH excluding ortho intramolecular Hbond substituents is 1. The number of anilines is 1. The first-order valence-electron chi connectivity index (χ1n) is 6.91. The largest absolute Gasteiger partial charge is 0.505 e. The van der Waals surface area contributed by atoms with Crippen LogP contribution in [0.15, 0.2) is 45.8 Å². The number of sulfonamides is 1. The molecule has 0 saturated carbocycles. The van der Waals surface area contributed by atoms with Crippen molar-refractivity contribution in [2.75, 3.05) is 11.8 Å². The van der Waals surface area contributed by atoms with Crippen LogP contribution in [0.3, 0.4) is 0 Å². The van der Waals surface area contributed by atoms with Crippen molar-refractivity contribution in [3.05, 3.63) is 52.0 Å². The summed E-state index contributed by atoms with van der Waals surface area (Å²) < 4.78 is 32.3. The summed E-state index contributed by atoms with van der Waals surface area (Å²) in [6.07, 6.45) is 0. The molecule has 2 aromatic rings. The molecule has 0 aromatic heterocycles. The molecule has 0 spiro atoms. The summed E-state index contributed by atoms with van der Waals surface area (Å²) in [6, 6.07) is 7.96. The maximum atomic E-state index is 12.5. The number of hydrogen-bond acceptors (Lipinski definition) is 6. The smallest absolute Gasteiger partial charge is 0.339 e. The van der Waals surface area contributed by atoms with Crippen LogP contribution < -0.4 is 4.72 Å². The Labute approximate surface area is 152 Å². The Hall–Kier alpha value is -2.39. The number of ketones is 1. The van der Waals surface area contributed by atoms with Gasteiger partial charge in [-0.1, -0.05) is 6.07 Å². The van der Waals surface area contributed by atoms with E-state index in [0.717, 1.165) is 6.07 Å². The Kier molecular flexibility index (Phi) is 5.48. The molecule has 0 radical (unpaired) electrons. The minimum Gasteiger partial charge on any atom is -0.505 e. The molecule has 0 atom stereocenters. The van der Waals surface area contributed by atoms with E-state index in [9.17, 15) is 23.1 Å². The summed E-state index contributed by atoms with van der Waals surface area (Å²) in [5.41, 5.74) is -0.117. The minimum atomic E-state index is -4.11. The Morgan fingerprint density at radius 2 is 1.84 bits per heavy atom. The molecular weight excluding hydrogens is 414 g/mol. The second-order valence-electron chi connectivity index (χ2n) is 5.00. The summed E-state index contributed by atoms with van der Waals surface area (Å²) in [5.74, 6) is -1.58. The van der Waals surface area contributed by atoms with Crippen LogP contribution in [0.25, 0.3) is 0 Å². The third-order valence-electron chi connectivity index (χ3n) is 3.31. The van der Waals surface area contributed by atoms with Crippen LogP contribution in [-0.4, -0.2) is 32.4 Å². The number of esters is 1. The average Bonchev–Trinajstić information content (AvgIpc) is 2.55. The zero-order valence-electron chi connectivity index (χ0n) is 13.2. The number of aromatic hydroxyl groups is 1. The molecule has 0 saturated heterocycles. The maximum absolute atomic E-state index is 12.5. The van der Waals surface area contributed by atoms with Gasteiger partial charge in [-0.25, -0.2) is 13.2 Å². The maximum Gasteiger partial charge on any atom is 0.339 e. The monoisotopic (exact) mass is 427 g/mol. The van der Waals surface area contributed by atoms with Gasteiger partial charge in [0, 0.05) is 4.47 Å². The second-order valence-corrected chi connectivity index (χ2v) is 7.53. The van der Waals surface area contributed by atoms with Crippen molar-refractivity contribution in [3.63, 3.8) is 0 Å². The number of carbonyl (C=O) groups excluding carboxylic acids is 2. The molecule has 7 nitrogen and oxygen atoms in total. The quantitative estimate of drug-likeness (QED) is 0.431. The van der Waals surface area contributed by atoms with Gasteiger partial charge < -0.3 is 9.84 Å². The van der Waals surface area contributed by atoms with Crippen molar-refractivity contribution in [3.8, 4) is 5.75 Å². The number of nitrogens with one attached hydrogen (secondary N) is 1. The fourth-order valence-electron chi connectivity index (χ4n) is 2.05. The van der Waals surface area contributed by atoms with E-state index in [1.54, 1.807) is 0 Å². The van der Waals surface area contributed by atoms with Crippen LogP contribution in [0.4, 0.5) is 5.69 Å². The van der Waals surface area contributed by atoms with E-state index in [0.29, 0.717) is 4.47 Å². The highest BCUT2D eigenvalue weighted by atomic mass is 79.9. The predicted octanol–water partition coefficient (Wildman–Crippen LogP) is 2.94. The summed E-state index contributed by atoms with van der Waals surface area (Å²) in [6.45, 7) is 1.25. The molecule has 25 heavy (non-hydrogen) atoms. The van der Waals surface area contributed by atoms with Gasteiger partial charge in [-0.05, 0) is 53.2 Å². The van der Waals surface area contributed by atoms with Crippen molar-refractivity contribution in [2.24, 2.45) is 0 Å². The van der Waals surface area contributed by atoms with Gasteiger partial charge in [-0.3, -0.25) is 9.52 Å². The number of hydrogen-bond donors (Lipinski definition) is 2. The SMILES string of the molecule is COC(=O)c1cc(S(=O)(=O)Nc2cccc(C(C)=O)c2O)ccc1Br. The lowest BCUT2D eigenvalue weighted by Crippen LogP contribution is -2.15. The Balaban J connectivity index is 2.46. The fourth-order valence-corrected chi connectivity index (χ4v) is 3.55.